The van der Waals surface area contributed by atoms with Crippen LogP contribution in [-0.2, 0) is 16.1 Å². The van der Waals surface area contributed by atoms with E-state index in [9.17, 15) is 9.59 Å². The Morgan fingerprint density at radius 3 is 2.00 bits per heavy atom. The number of hydrogen-bond acceptors (Lipinski definition) is 9. The van der Waals surface area contributed by atoms with E-state index in [1.54, 1.807) is 12.4 Å². The lowest BCUT2D eigenvalue weighted by Crippen LogP contribution is -2.08. The van der Waals surface area contributed by atoms with Crippen LogP contribution in [0.1, 0.15) is 5.56 Å². The second-order valence-corrected chi connectivity index (χ2v) is 6.18. The zero-order valence-corrected chi connectivity index (χ0v) is 13.9. The maximum atomic E-state index is 10.7. The number of aromatic nitrogens is 4. The molecule has 0 aromatic carbocycles. The molecule has 0 amide bonds. The Labute approximate surface area is 145 Å². The van der Waals surface area contributed by atoms with Gasteiger partial charge < -0.3 is 15.5 Å². The number of aliphatic carboxylic acids is 2. The zero-order chi connectivity index (χ0) is 17.4. The fourth-order valence-electron chi connectivity index (χ4n) is 1.48. The van der Waals surface area contributed by atoms with Crippen molar-refractivity contribution in [2.45, 2.75) is 16.9 Å². The van der Waals surface area contributed by atoms with Crippen LogP contribution in [0.15, 0.2) is 34.8 Å². The standard InChI is InChI=1S/C13H13N5O4S2/c19-9(20)6-23-12-16-11(15-5-8-1-3-14-4-2-8)17-13(18-12)24-7-10(21)22/h1-4H,5-7H2,(H,19,20)(H,21,22)(H,15,16,17,18). The third-order valence-corrected chi connectivity index (χ3v) is 4.11. The van der Waals surface area contributed by atoms with Crippen molar-refractivity contribution in [1.82, 2.24) is 19.9 Å². The average Bonchev–Trinajstić information content (AvgIpc) is 2.57. The Balaban J connectivity index is 2.11. The van der Waals surface area contributed by atoms with Crippen LogP contribution >= 0.6 is 23.5 Å². The molecule has 9 nitrogen and oxygen atoms in total. The van der Waals surface area contributed by atoms with Crippen LogP contribution in [0.3, 0.4) is 0 Å². The lowest BCUT2D eigenvalue weighted by Gasteiger charge is -2.08. The van der Waals surface area contributed by atoms with Gasteiger partial charge in [0.25, 0.3) is 0 Å². The summed E-state index contributed by atoms with van der Waals surface area (Å²) in [5, 5.41) is 20.9. The SMILES string of the molecule is O=C(O)CSc1nc(NCc2ccncc2)nc(SCC(=O)O)n1. The van der Waals surface area contributed by atoms with Gasteiger partial charge in [-0.3, -0.25) is 14.6 Å². The van der Waals surface area contributed by atoms with Gasteiger partial charge >= 0.3 is 11.9 Å². The van der Waals surface area contributed by atoms with Gasteiger partial charge in [0.2, 0.25) is 5.95 Å². The van der Waals surface area contributed by atoms with Crippen molar-refractivity contribution < 1.29 is 19.8 Å². The van der Waals surface area contributed by atoms with E-state index >= 15 is 0 Å². The minimum Gasteiger partial charge on any atom is -0.481 e. The van der Waals surface area contributed by atoms with Gasteiger partial charge in [-0.1, -0.05) is 23.5 Å². The van der Waals surface area contributed by atoms with E-state index in [2.05, 4.69) is 25.3 Å². The predicted octanol–water partition coefficient (Wildman–Crippen LogP) is 1.23. The number of hydrogen-bond donors (Lipinski definition) is 3. The summed E-state index contributed by atoms with van der Waals surface area (Å²) >= 11 is 1.88. The quantitative estimate of drug-likeness (QED) is 0.551. The molecule has 126 valence electrons. The Bertz CT molecular complexity index is 681. The van der Waals surface area contributed by atoms with Crippen molar-refractivity contribution in [3.8, 4) is 0 Å². The van der Waals surface area contributed by atoms with E-state index in [0.29, 0.717) is 6.54 Å². The Kier molecular flexibility index (Phi) is 6.75. The number of pyridine rings is 1. The van der Waals surface area contributed by atoms with Crippen LogP contribution < -0.4 is 5.32 Å². The van der Waals surface area contributed by atoms with E-state index in [-0.39, 0.29) is 27.8 Å². The second-order valence-electron chi connectivity index (χ2n) is 4.30. The van der Waals surface area contributed by atoms with Crippen molar-refractivity contribution in [3.05, 3.63) is 30.1 Å². The third kappa shape index (κ3) is 6.38. The molecule has 2 heterocycles. The molecule has 2 rings (SSSR count). The van der Waals surface area contributed by atoms with Crippen LogP contribution in [0.4, 0.5) is 5.95 Å². The molecule has 2 aromatic rings. The van der Waals surface area contributed by atoms with Gasteiger partial charge in [-0.05, 0) is 17.7 Å². The molecule has 0 unspecified atom stereocenters. The molecule has 0 aliphatic heterocycles. The number of nitrogens with one attached hydrogen (secondary N) is 1. The molecular weight excluding hydrogens is 354 g/mol. The minimum absolute atomic E-state index is 0.198. The molecule has 0 radical (unpaired) electrons. The summed E-state index contributed by atoms with van der Waals surface area (Å²) in [4.78, 5) is 37.6. The maximum absolute atomic E-state index is 10.7. The summed E-state index contributed by atoms with van der Waals surface area (Å²) in [7, 11) is 0. The molecule has 3 N–H and O–H groups in total. The number of anilines is 1. The molecule has 0 fully saturated rings. The highest BCUT2D eigenvalue weighted by molar-refractivity contribution is 8.00. The smallest absolute Gasteiger partial charge is 0.313 e. The summed E-state index contributed by atoms with van der Waals surface area (Å²) in [6.07, 6.45) is 3.32. The lowest BCUT2D eigenvalue weighted by atomic mass is 10.3. The number of carboxylic acids is 2. The van der Waals surface area contributed by atoms with E-state index in [4.69, 9.17) is 10.2 Å². The first-order valence-electron chi connectivity index (χ1n) is 6.61. The van der Waals surface area contributed by atoms with Gasteiger partial charge in [0.15, 0.2) is 10.3 Å². The maximum Gasteiger partial charge on any atom is 0.313 e. The molecular formula is C13H13N5O4S2. The first-order chi connectivity index (χ1) is 11.5. The highest BCUT2D eigenvalue weighted by Crippen LogP contribution is 2.20. The van der Waals surface area contributed by atoms with E-state index in [1.165, 1.54) is 0 Å². The number of rotatable bonds is 9. The van der Waals surface area contributed by atoms with E-state index < -0.39 is 11.9 Å². The van der Waals surface area contributed by atoms with Gasteiger partial charge in [0.05, 0.1) is 11.5 Å². The lowest BCUT2D eigenvalue weighted by molar-refractivity contribution is -0.134. The van der Waals surface area contributed by atoms with Gasteiger partial charge in [0.1, 0.15) is 0 Å². The van der Waals surface area contributed by atoms with Gasteiger partial charge in [-0.2, -0.15) is 15.0 Å². The molecule has 24 heavy (non-hydrogen) atoms. The Morgan fingerprint density at radius 1 is 0.958 bits per heavy atom. The molecule has 0 aliphatic carbocycles. The van der Waals surface area contributed by atoms with Crippen LogP contribution in [0.25, 0.3) is 0 Å². The van der Waals surface area contributed by atoms with E-state index in [0.717, 1.165) is 29.1 Å². The van der Waals surface area contributed by atoms with Crippen LogP contribution in [0, 0.1) is 0 Å². The first kappa shape index (κ1) is 17.9. The topological polar surface area (TPSA) is 138 Å². The number of carboxylic acid groups (broad SMARTS) is 2. The molecule has 0 aliphatic rings. The largest absolute Gasteiger partial charge is 0.481 e. The summed E-state index contributed by atoms with van der Waals surface area (Å²) < 4.78 is 0. The van der Waals surface area contributed by atoms with Crippen LogP contribution in [0.5, 0.6) is 0 Å². The number of carbonyl (C=O) groups is 2. The molecule has 0 saturated carbocycles. The first-order valence-corrected chi connectivity index (χ1v) is 8.58. The van der Waals surface area contributed by atoms with Crippen molar-refractivity contribution in [2.75, 3.05) is 16.8 Å². The van der Waals surface area contributed by atoms with Crippen LogP contribution in [-0.4, -0.2) is 53.6 Å². The van der Waals surface area contributed by atoms with Gasteiger partial charge in [-0.25, -0.2) is 0 Å². The van der Waals surface area contributed by atoms with Crippen molar-refractivity contribution in [1.29, 1.82) is 0 Å². The molecule has 0 bridgehead atoms. The summed E-state index contributed by atoms with van der Waals surface area (Å²) in [5.41, 5.74) is 0.963. The Hall–Kier alpha value is -2.40. The predicted molar refractivity (Wildman–Crippen MR) is 88.1 cm³/mol. The van der Waals surface area contributed by atoms with Crippen molar-refractivity contribution in [3.63, 3.8) is 0 Å². The number of thioether (sulfide) groups is 2. The summed E-state index contributed by atoms with van der Waals surface area (Å²) in [5.74, 6) is -2.13. The molecule has 2 aromatic heterocycles. The fraction of sp³-hybridized carbons (Fsp3) is 0.231. The van der Waals surface area contributed by atoms with Gasteiger partial charge in [0, 0.05) is 18.9 Å². The third-order valence-electron chi connectivity index (χ3n) is 2.44. The molecule has 0 atom stereocenters. The fourth-order valence-corrected chi connectivity index (χ4v) is 2.65. The monoisotopic (exact) mass is 367 g/mol. The zero-order valence-electron chi connectivity index (χ0n) is 12.2. The minimum atomic E-state index is -0.994. The summed E-state index contributed by atoms with van der Waals surface area (Å²) in [6.45, 7) is 0.443. The van der Waals surface area contributed by atoms with E-state index in [1.807, 2.05) is 12.1 Å². The molecule has 11 heteroatoms. The van der Waals surface area contributed by atoms with Crippen LogP contribution in [0.2, 0.25) is 0 Å². The highest BCUT2D eigenvalue weighted by Gasteiger charge is 2.11. The normalized spacial score (nSPS) is 10.3. The highest BCUT2D eigenvalue weighted by atomic mass is 32.2. The molecule has 0 saturated heterocycles. The number of nitrogens with zero attached hydrogens (tertiary/aromatic N) is 4. The summed E-state index contributed by atoms with van der Waals surface area (Å²) in [6, 6.07) is 3.66. The average molecular weight is 367 g/mol. The second kappa shape index (κ2) is 9.03. The van der Waals surface area contributed by atoms with Crippen molar-refractivity contribution in [2.24, 2.45) is 0 Å². The van der Waals surface area contributed by atoms with Gasteiger partial charge in [-0.15, -0.1) is 0 Å². The molecule has 0 spiro atoms. The van der Waals surface area contributed by atoms with Crippen molar-refractivity contribution >= 4 is 41.4 Å². The Morgan fingerprint density at radius 2 is 1.50 bits per heavy atom.